The smallest absolute Gasteiger partial charge is 0.0876 e. The van der Waals surface area contributed by atoms with E-state index in [1.807, 2.05) is 17.6 Å². The third kappa shape index (κ3) is 5.00. The molecule has 0 radical (unpaired) electrons. The molecule has 2 heterocycles. The first kappa shape index (κ1) is 14.6. The highest BCUT2D eigenvalue weighted by Crippen LogP contribution is 2.20. The van der Waals surface area contributed by atoms with Gasteiger partial charge in [0.25, 0.3) is 0 Å². The summed E-state index contributed by atoms with van der Waals surface area (Å²) in [6.45, 7) is 4.21. The fraction of sp³-hybridized carbons (Fsp3) is 0.625. The van der Waals surface area contributed by atoms with Gasteiger partial charge in [0, 0.05) is 10.9 Å². The van der Waals surface area contributed by atoms with E-state index in [9.17, 15) is 0 Å². The molecule has 1 aliphatic rings. The lowest BCUT2D eigenvalue weighted by atomic mass is 9.97. The number of thiophene rings is 1. The fourth-order valence-electron chi connectivity index (χ4n) is 2.51. The van der Waals surface area contributed by atoms with Gasteiger partial charge in [-0.1, -0.05) is 13.0 Å². The number of ether oxygens (including phenoxy) is 1. The fourth-order valence-corrected chi connectivity index (χ4v) is 3.26. The SMILES string of the molecule is CCCNC(CCCc1cccs1)C1=COCCC1. The summed E-state index contributed by atoms with van der Waals surface area (Å²) < 4.78 is 5.50. The number of rotatable bonds is 8. The van der Waals surface area contributed by atoms with Gasteiger partial charge in [0.15, 0.2) is 0 Å². The highest BCUT2D eigenvalue weighted by molar-refractivity contribution is 7.09. The molecule has 19 heavy (non-hydrogen) atoms. The summed E-state index contributed by atoms with van der Waals surface area (Å²) >= 11 is 1.87. The molecule has 106 valence electrons. The van der Waals surface area contributed by atoms with Gasteiger partial charge in [0.05, 0.1) is 12.9 Å². The van der Waals surface area contributed by atoms with Crippen molar-refractivity contribution in [3.8, 4) is 0 Å². The minimum atomic E-state index is 0.514. The molecule has 0 saturated heterocycles. The predicted octanol–water partition coefficient (Wildman–Crippen LogP) is 4.13. The van der Waals surface area contributed by atoms with Crippen molar-refractivity contribution in [3.05, 3.63) is 34.2 Å². The van der Waals surface area contributed by atoms with Crippen LogP contribution in [0.25, 0.3) is 0 Å². The van der Waals surface area contributed by atoms with Gasteiger partial charge in [-0.05, 0) is 62.1 Å². The number of hydrogen-bond acceptors (Lipinski definition) is 3. The summed E-state index contributed by atoms with van der Waals surface area (Å²) in [5.74, 6) is 0. The van der Waals surface area contributed by atoms with Crippen molar-refractivity contribution in [3.63, 3.8) is 0 Å². The lowest BCUT2D eigenvalue weighted by Gasteiger charge is -2.24. The molecular formula is C16H25NOS. The van der Waals surface area contributed by atoms with Crippen molar-refractivity contribution >= 4 is 11.3 Å². The third-order valence-electron chi connectivity index (χ3n) is 3.55. The Labute approximate surface area is 120 Å². The van der Waals surface area contributed by atoms with Gasteiger partial charge in [0.1, 0.15) is 0 Å². The molecule has 1 aromatic rings. The van der Waals surface area contributed by atoms with E-state index in [0.29, 0.717) is 6.04 Å². The van der Waals surface area contributed by atoms with Crippen molar-refractivity contribution in [1.29, 1.82) is 0 Å². The molecule has 0 aromatic carbocycles. The molecule has 2 rings (SSSR count). The van der Waals surface area contributed by atoms with Gasteiger partial charge in [-0.3, -0.25) is 0 Å². The van der Waals surface area contributed by atoms with Gasteiger partial charge in [-0.25, -0.2) is 0 Å². The van der Waals surface area contributed by atoms with E-state index < -0.39 is 0 Å². The van der Waals surface area contributed by atoms with Crippen LogP contribution in [0.5, 0.6) is 0 Å². The quantitative estimate of drug-likeness (QED) is 0.772. The third-order valence-corrected chi connectivity index (χ3v) is 4.48. The molecule has 0 amide bonds. The van der Waals surface area contributed by atoms with E-state index in [1.165, 1.54) is 49.0 Å². The molecule has 0 fully saturated rings. The molecule has 3 heteroatoms. The Hall–Kier alpha value is -0.800. The molecule has 1 N–H and O–H groups in total. The van der Waals surface area contributed by atoms with Gasteiger partial charge < -0.3 is 10.1 Å². The van der Waals surface area contributed by atoms with Crippen molar-refractivity contribution < 1.29 is 4.74 Å². The topological polar surface area (TPSA) is 21.3 Å². The van der Waals surface area contributed by atoms with Crippen LogP contribution < -0.4 is 5.32 Å². The second-order valence-electron chi connectivity index (χ2n) is 5.15. The number of hydrogen-bond donors (Lipinski definition) is 1. The van der Waals surface area contributed by atoms with Crippen LogP contribution in [0.1, 0.15) is 43.9 Å². The van der Waals surface area contributed by atoms with Crippen LogP contribution in [0, 0.1) is 0 Å². The lowest BCUT2D eigenvalue weighted by molar-refractivity contribution is 0.218. The van der Waals surface area contributed by atoms with E-state index in [-0.39, 0.29) is 0 Å². The summed E-state index contributed by atoms with van der Waals surface area (Å²) in [5, 5.41) is 5.84. The Morgan fingerprint density at radius 2 is 2.42 bits per heavy atom. The predicted molar refractivity (Wildman–Crippen MR) is 82.6 cm³/mol. The lowest BCUT2D eigenvalue weighted by Crippen LogP contribution is -2.32. The van der Waals surface area contributed by atoms with E-state index in [2.05, 4.69) is 29.8 Å². The second kappa shape index (κ2) is 8.39. The maximum absolute atomic E-state index is 5.50. The van der Waals surface area contributed by atoms with Crippen molar-refractivity contribution in [1.82, 2.24) is 5.32 Å². The molecule has 0 spiro atoms. The first-order chi connectivity index (χ1) is 9.40. The molecule has 1 aromatic heterocycles. The Bertz CT molecular complexity index is 372. The normalized spacial score (nSPS) is 16.8. The maximum atomic E-state index is 5.50. The highest BCUT2D eigenvalue weighted by Gasteiger charge is 2.16. The van der Waals surface area contributed by atoms with E-state index in [1.54, 1.807) is 0 Å². The summed E-state index contributed by atoms with van der Waals surface area (Å²) in [6, 6.07) is 4.90. The number of aryl methyl sites for hydroxylation is 1. The summed E-state index contributed by atoms with van der Waals surface area (Å²) in [6.07, 6.45) is 9.22. The Morgan fingerprint density at radius 3 is 3.11 bits per heavy atom. The molecule has 0 saturated carbocycles. The van der Waals surface area contributed by atoms with Crippen LogP contribution in [0.2, 0.25) is 0 Å². The van der Waals surface area contributed by atoms with Crippen molar-refractivity contribution in [2.45, 2.75) is 51.5 Å². The summed E-state index contributed by atoms with van der Waals surface area (Å²) in [4.78, 5) is 1.50. The summed E-state index contributed by atoms with van der Waals surface area (Å²) in [7, 11) is 0. The second-order valence-corrected chi connectivity index (χ2v) is 6.18. The molecule has 1 unspecified atom stereocenters. The molecule has 1 aliphatic heterocycles. The van der Waals surface area contributed by atoms with Gasteiger partial charge >= 0.3 is 0 Å². The van der Waals surface area contributed by atoms with Gasteiger partial charge in [-0.15, -0.1) is 11.3 Å². The average molecular weight is 279 g/mol. The van der Waals surface area contributed by atoms with Crippen LogP contribution in [-0.4, -0.2) is 19.2 Å². The maximum Gasteiger partial charge on any atom is 0.0876 e. The van der Waals surface area contributed by atoms with Crippen LogP contribution in [0.3, 0.4) is 0 Å². The van der Waals surface area contributed by atoms with E-state index in [4.69, 9.17) is 4.74 Å². The first-order valence-electron chi connectivity index (χ1n) is 7.46. The Kier molecular flexibility index (Phi) is 6.45. The minimum Gasteiger partial charge on any atom is -0.501 e. The Morgan fingerprint density at radius 1 is 1.47 bits per heavy atom. The largest absolute Gasteiger partial charge is 0.501 e. The van der Waals surface area contributed by atoms with Crippen LogP contribution in [0.15, 0.2) is 29.3 Å². The van der Waals surface area contributed by atoms with Crippen molar-refractivity contribution in [2.75, 3.05) is 13.2 Å². The van der Waals surface area contributed by atoms with Crippen LogP contribution in [-0.2, 0) is 11.2 Å². The van der Waals surface area contributed by atoms with Gasteiger partial charge in [0.2, 0.25) is 0 Å². The number of nitrogens with one attached hydrogen (secondary N) is 1. The average Bonchev–Trinajstić information content (AvgIpc) is 2.97. The standard InChI is InChI=1S/C16H25NOS/c1-2-10-17-16(14-6-4-11-18-13-14)9-3-7-15-8-5-12-19-15/h5,8,12-13,16-17H,2-4,6-7,9-11H2,1H3. The van der Waals surface area contributed by atoms with E-state index in [0.717, 1.165) is 13.2 Å². The first-order valence-corrected chi connectivity index (χ1v) is 8.34. The monoisotopic (exact) mass is 279 g/mol. The Balaban J connectivity index is 1.80. The minimum absolute atomic E-state index is 0.514. The zero-order valence-corrected chi connectivity index (χ0v) is 12.7. The summed E-state index contributed by atoms with van der Waals surface area (Å²) in [5.41, 5.74) is 1.46. The zero-order valence-electron chi connectivity index (χ0n) is 11.9. The van der Waals surface area contributed by atoms with Crippen LogP contribution in [0.4, 0.5) is 0 Å². The van der Waals surface area contributed by atoms with Crippen LogP contribution >= 0.6 is 11.3 Å². The highest BCUT2D eigenvalue weighted by atomic mass is 32.1. The zero-order chi connectivity index (χ0) is 13.3. The molecule has 2 nitrogen and oxygen atoms in total. The van der Waals surface area contributed by atoms with E-state index >= 15 is 0 Å². The molecule has 1 atom stereocenters. The molecule has 0 bridgehead atoms. The molecular weight excluding hydrogens is 254 g/mol. The van der Waals surface area contributed by atoms with Gasteiger partial charge in [-0.2, -0.15) is 0 Å². The van der Waals surface area contributed by atoms with Crippen molar-refractivity contribution in [2.24, 2.45) is 0 Å². The molecule has 0 aliphatic carbocycles.